The van der Waals surface area contributed by atoms with Gasteiger partial charge in [0.1, 0.15) is 12.4 Å². The van der Waals surface area contributed by atoms with E-state index in [1.165, 1.54) is 0 Å². The molecule has 0 unspecified atom stereocenters. The van der Waals surface area contributed by atoms with Crippen molar-refractivity contribution in [3.8, 4) is 5.75 Å². The highest BCUT2D eigenvalue weighted by atomic mass is 35.5. The fourth-order valence-corrected chi connectivity index (χ4v) is 1.62. The van der Waals surface area contributed by atoms with Crippen LogP contribution in [0.5, 0.6) is 5.75 Å². The molecular weight excluding hydrogens is 254 g/mol. The molecule has 0 amide bonds. The second-order valence-electron chi connectivity index (χ2n) is 3.77. The largest absolute Gasteiger partial charge is 0.491 e. The second kappa shape index (κ2) is 9.16. The van der Waals surface area contributed by atoms with Crippen LogP contribution in [0.25, 0.3) is 0 Å². The molecule has 0 aliphatic heterocycles. The fraction of sp³-hybridized carbons (Fsp3) is 0.538. The van der Waals surface area contributed by atoms with E-state index in [1.54, 1.807) is 0 Å². The van der Waals surface area contributed by atoms with Gasteiger partial charge in [-0.2, -0.15) is 0 Å². The summed E-state index contributed by atoms with van der Waals surface area (Å²) in [6.45, 7) is 5.25. The molecule has 4 nitrogen and oxygen atoms in total. The summed E-state index contributed by atoms with van der Waals surface area (Å²) in [6.07, 6.45) is 0. The highest BCUT2D eigenvalue weighted by Gasteiger charge is 1.99. The predicted molar refractivity (Wildman–Crippen MR) is 72.4 cm³/mol. The van der Waals surface area contributed by atoms with Crippen molar-refractivity contribution in [2.24, 2.45) is 5.73 Å². The summed E-state index contributed by atoms with van der Waals surface area (Å²) in [5, 5.41) is 0.716. The maximum atomic E-state index is 5.86. The van der Waals surface area contributed by atoms with Crippen molar-refractivity contribution >= 4 is 11.6 Å². The van der Waals surface area contributed by atoms with E-state index in [4.69, 9.17) is 31.5 Å². The molecule has 0 aromatic heterocycles. The SMILES string of the molecule is Cc1cc(Cl)ccc1OCCOCCOCCN. The second-order valence-corrected chi connectivity index (χ2v) is 4.21. The van der Waals surface area contributed by atoms with Crippen LogP contribution >= 0.6 is 11.6 Å². The average Bonchev–Trinajstić information content (AvgIpc) is 2.35. The number of ether oxygens (including phenoxy) is 3. The molecule has 1 aromatic carbocycles. The molecule has 0 radical (unpaired) electrons. The maximum Gasteiger partial charge on any atom is 0.122 e. The van der Waals surface area contributed by atoms with Gasteiger partial charge in [0.15, 0.2) is 0 Å². The summed E-state index contributed by atoms with van der Waals surface area (Å²) >= 11 is 5.86. The molecule has 0 saturated carbocycles. The Kier molecular flexibility index (Phi) is 7.76. The van der Waals surface area contributed by atoms with Crippen molar-refractivity contribution in [2.75, 3.05) is 39.6 Å². The first-order valence-corrected chi connectivity index (χ1v) is 6.36. The van der Waals surface area contributed by atoms with Crippen molar-refractivity contribution in [3.63, 3.8) is 0 Å². The highest BCUT2D eigenvalue weighted by Crippen LogP contribution is 2.21. The first-order chi connectivity index (χ1) is 8.74. The van der Waals surface area contributed by atoms with Gasteiger partial charge in [-0.15, -0.1) is 0 Å². The van der Waals surface area contributed by atoms with Crippen LogP contribution in [0, 0.1) is 6.92 Å². The zero-order valence-electron chi connectivity index (χ0n) is 10.7. The van der Waals surface area contributed by atoms with Crippen LogP contribution in [-0.2, 0) is 9.47 Å². The summed E-state index contributed by atoms with van der Waals surface area (Å²) in [7, 11) is 0. The Morgan fingerprint density at radius 2 is 1.72 bits per heavy atom. The van der Waals surface area contributed by atoms with Gasteiger partial charge in [-0.3, -0.25) is 0 Å². The van der Waals surface area contributed by atoms with Crippen LogP contribution in [-0.4, -0.2) is 39.6 Å². The summed E-state index contributed by atoms with van der Waals surface area (Å²) in [5.41, 5.74) is 6.31. The third kappa shape index (κ3) is 6.21. The Bertz CT molecular complexity index is 347. The number of halogens is 1. The number of aryl methyl sites for hydroxylation is 1. The third-order valence-electron chi connectivity index (χ3n) is 2.26. The van der Waals surface area contributed by atoms with Gasteiger partial charge in [0, 0.05) is 11.6 Å². The molecule has 5 heteroatoms. The van der Waals surface area contributed by atoms with Crippen LogP contribution in [0.1, 0.15) is 5.56 Å². The van der Waals surface area contributed by atoms with Crippen LogP contribution < -0.4 is 10.5 Å². The Balaban J connectivity index is 2.07. The van der Waals surface area contributed by atoms with E-state index >= 15 is 0 Å². The Labute approximate surface area is 113 Å². The van der Waals surface area contributed by atoms with Crippen molar-refractivity contribution in [1.82, 2.24) is 0 Å². The molecule has 0 aliphatic carbocycles. The average molecular weight is 274 g/mol. The van der Waals surface area contributed by atoms with Gasteiger partial charge >= 0.3 is 0 Å². The van der Waals surface area contributed by atoms with Gasteiger partial charge in [-0.1, -0.05) is 11.6 Å². The van der Waals surface area contributed by atoms with Gasteiger partial charge in [-0.25, -0.2) is 0 Å². The van der Waals surface area contributed by atoms with E-state index in [-0.39, 0.29) is 0 Å². The van der Waals surface area contributed by atoms with Crippen LogP contribution in [0.2, 0.25) is 5.02 Å². The molecular formula is C13H20ClNO3. The summed E-state index contributed by atoms with van der Waals surface area (Å²) in [4.78, 5) is 0. The monoisotopic (exact) mass is 273 g/mol. The number of nitrogens with two attached hydrogens (primary N) is 1. The third-order valence-corrected chi connectivity index (χ3v) is 2.49. The minimum Gasteiger partial charge on any atom is -0.491 e. The molecule has 0 atom stereocenters. The Hall–Kier alpha value is -0.810. The lowest BCUT2D eigenvalue weighted by atomic mass is 10.2. The van der Waals surface area contributed by atoms with Crippen LogP contribution in [0.15, 0.2) is 18.2 Å². The van der Waals surface area contributed by atoms with E-state index in [1.807, 2.05) is 25.1 Å². The van der Waals surface area contributed by atoms with Crippen molar-refractivity contribution < 1.29 is 14.2 Å². The summed E-state index contributed by atoms with van der Waals surface area (Å²) < 4.78 is 16.1. The Morgan fingerprint density at radius 1 is 1.06 bits per heavy atom. The molecule has 0 spiro atoms. The number of hydrogen-bond donors (Lipinski definition) is 1. The van der Waals surface area contributed by atoms with Crippen LogP contribution in [0.4, 0.5) is 0 Å². The number of hydrogen-bond acceptors (Lipinski definition) is 4. The standard InChI is InChI=1S/C13H20ClNO3/c1-11-10-12(14)2-3-13(11)18-9-8-17-7-6-16-5-4-15/h2-3,10H,4-9,15H2,1H3. The van der Waals surface area contributed by atoms with Gasteiger partial charge in [-0.05, 0) is 30.7 Å². The maximum absolute atomic E-state index is 5.86. The van der Waals surface area contributed by atoms with E-state index in [0.717, 1.165) is 11.3 Å². The first-order valence-electron chi connectivity index (χ1n) is 5.98. The lowest BCUT2D eigenvalue weighted by Crippen LogP contribution is -2.14. The fourth-order valence-electron chi connectivity index (χ4n) is 1.39. The molecule has 0 fully saturated rings. The zero-order valence-corrected chi connectivity index (χ0v) is 11.4. The topological polar surface area (TPSA) is 53.7 Å². The Morgan fingerprint density at radius 3 is 2.39 bits per heavy atom. The molecule has 2 N–H and O–H groups in total. The van der Waals surface area contributed by atoms with E-state index in [9.17, 15) is 0 Å². The van der Waals surface area contributed by atoms with Gasteiger partial charge in [0.2, 0.25) is 0 Å². The summed E-state index contributed by atoms with van der Waals surface area (Å²) in [6, 6.07) is 5.55. The molecule has 18 heavy (non-hydrogen) atoms. The molecule has 0 saturated heterocycles. The van der Waals surface area contributed by atoms with Gasteiger partial charge in [0.25, 0.3) is 0 Å². The highest BCUT2D eigenvalue weighted by molar-refractivity contribution is 6.30. The van der Waals surface area contributed by atoms with E-state index in [0.29, 0.717) is 44.6 Å². The molecule has 1 aromatic rings. The summed E-state index contributed by atoms with van der Waals surface area (Å²) in [5.74, 6) is 0.836. The molecule has 102 valence electrons. The molecule has 1 rings (SSSR count). The smallest absolute Gasteiger partial charge is 0.122 e. The normalized spacial score (nSPS) is 10.6. The number of benzene rings is 1. The van der Waals surface area contributed by atoms with Gasteiger partial charge < -0.3 is 19.9 Å². The predicted octanol–water partition coefficient (Wildman–Crippen LogP) is 2.02. The minimum absolute atomic E-state index is 0.513. The molecule has 0 bridgehead atoms. The van der Waals surface area contributed by atoms with Gasteiger partial charge in [0.05, 0.1) is 26.4 Å². The first kappa shape index (κ1) is 15.2. The quantitative estimate of drug-likeness (QED) is 0.700. The van der Waals surface area contributed by atoms with Crippen molar-refractivity contribution in [2.45, 2.75) is 6.92 Å². The minimum atomic E-state index is 0.513. The van der Waals surface area contributed by atoms with Crippen LogP contribution in [0.3, 0.4) is 0 Å². The van der Waals surface area contributed by atoms with Crippen molar-refractivity contribution in [3.05, 3.63) is 28.8 Å². The number of rotatable bonds is 9. The van der Waals surface area contributed by atoms with E-state index in [2.05, 4.69) is 0 Å². The zero-order chi connectivity index (χ0) is 13.2. The lowest BCUT2D eigenvalue weighted by Gasteiger charge is -2.09. The lowest BCUT2D eigenvalue weighted by molar-refractivity contribution is 0.0387. The van der Waals surface area contributed by atoms with Crippen molar-refractivity contribution in [1.29, 1.82) is 0 Å². The molecule has 0 heterocycles. The molecule has 0 aliphatic rings. The van der Waals surface area contributed by atoms with E-state index < -0.39 is 0 Å².